The van der Waals surface area contributed by atoms with Gasteiger partial charge >= 0.3 is 23.6 Å². The number of rotatable bonds is 8. The van der Waals surface area contributed by atoms with Crippen LogP contribution in [0.25, 0.3) is 22.5 Å². The number of oxazole rings is 2. The molecule has 0 fully saturated rings. The zero-order valence-corrected chi connectivity index (χ0v) is 27.2. The van der Waals surface area contributed by atoms with E-state index in [1.807, 2.05) is 27.7 Å². The first-order valence-corrected chi connectivity index (χ1v) is 15.1. The highest BCUT2D eigenvalue weighted by atomic mass is 16.5. The highest BCUT2D eigenvalue weighted by molar-refractivity contribution is 5.90. The molecule has 0 radical (unpaired) electrons. The van der Waals surface area contributed by atoms with Crippen molar-refractivity contribution < 1.29 is 27.9 Å². The topological polar surface area (TPSA) is 208 Å². The maximum atomic E-state index is 11.8. The number of nitrogens with zero attached hydrogens (tertiary/aromatic N) is 3. The molecule has 0 atom stereocenters. The molecule has 0 aliphatic rings. The number of carbonyl (C=O) groups is 2. The summed E-state index contributed by atoms with van der Waals surface area (Å²) in [6.45, 7) is 7.50. The molecule has 6 rings (SSSR count). The van der Waals surface area contributed by atoms with Crippen LogP contribution >= 0.6 is 0 Å². The van der Waals surface area contributed by atoms with Crippen molar-refractivity contribution >= 4 is 45.9 Å². The van der Waals surface area contributed by atoms with Crippen LogP contribution in [0.3, 0.4) is 0 Å². The standard InChI is InChI=1S/C17H18N4O4.C16H16N4O4.CH4/c1-10(2)19-16(22)20-11-5-4-6-12(9-11)24-13-7-8-18-15-14(13)25-17(23)21(15)3;1-9(2)18-15(21)19-10-4-3-5-11(8-10)23-12-6-7-17-14-13(12)24-16(22)20-14;/h4-10H,1-3H3,(H2,19,20,22);3-9H,1-2H3,(H,17,20,22)(H2,18,19,21);1H4. The Morgan fingerprint density at radius 3 is 1.82 bits per heavy atom. The first-order chi connectivity index (χ1) is 23.4. The summed E-state index contributed by atoms with van der Waals surface area (Å²) in [6.07, 6.45) is 3.03. The lowest BCUT2D eigenvalue weighted by Crippen LogP contribution is -2.34. The molecule has 4 amide bonds. The molecule has 0 unspecified atom stereocenters. The van der Waals surface area contributed by atoms with Gasteiger partial charge in [-0.15, -0.1) is 0 Å². The average Bonchev–Trinajstić information content (AvgIpc) is 3.56. The molecule has 5 N–H and O–H groups in total. The molecular formula is C34H38N8O8. The maximum Gasteiger partial charge on any atom is 0.421 e. The molecule has 262 valence electrons. The van der Waals surface area contributed by atoms with Crippen molar-refractivity contribution in [3.05, 3.63) is 94.2 Å². The van der Waals surface area contributed by atoms with E-state index in [1.54, 1.807) is 67.7 Å². The number of hydrogen-bond acceptors (Lipinski definition) is 10. The number of benzene rings is 2. The van der Waals surface area contributed by atoms with Gasteiger partial charge in [-0.3, -0.25) is 9.55 Å². The van der Waals surface area contributed by atoms with Crippen LogP contribution in [0.5, 0.6) is 23.0 Å². The van der Waals surface area contributed by atoms with Crippen molar-refractivity contribution in [3.63, 3.8) is 0 Å². The minimum atomic E-state index is -0.602. The second-order valence-corrected chi connectivity index (χ2v) is 11.2. The van der Waals surface area contributed by atoms with Crippen molar-refractivity contribution in [2.24, 2.45) is 7.05 Å². The van der Waals surface area contributed by atoms with Crippen molar-refractivity contribution in [2.45, 2.75) is 47.2 Å². The number of urea groups is 2. The largest absolute Gasteiger partial charge is 0.453 e. The molecule has 6 aromatic rings. The zero-order chi connectivity index (χ0) is 35.1. The van der Waals surface area contributed by atoms with Crippen molar-refractivity contribution in [1.29, 1.82) is 0 Å². The second kappa shape index (κ2) is 16.0. The van der Waals surface area contributed by atoms with Gasteiger partial charge in [-0.05, 0) is 52.0 Å². The summed E-state index contributed by atoms with van der Waals surface area (Å²) >= 11 is 0. The molecule has 4 aromatic heterocycles. The Morgan fingerprint density at radius 1 is 0.760 bits per heavy atom. The molecule has 0 bridgehead atoms. The number of aryl methyl sites for hydroxylation is 1. The number of anilines is 2. The Labute approximate surface area is 285 Å². The monoisotopic (exact) mass is 686 g/mol. The molecule has 16 nitrogen and oxygen atoms in total. The lowest BCUT2D eigenvalue weighted by Gasteiger charge is -2.11. The number of aromatic nitrogens is 4. The van der Waals surface area contributed by atoms with Gasteiger partial charge in [-0.25, -0.2) is 29.1 Å². The molecule has 2 aromatic carbocycles. The van der Waals surface area contributed by atoms with Gasteiger partial charge < -0.3 is 39.6 Å². The predicted octanol–water partition coefficient (Wildman–Crippen LogP) is 6.32. The van der Waals surface area contributed by atoms with Crippen LogP contribution in [0.2, 0.25) is 0 Å². The number of ether oxygens (including phenoxy) is 2. The van der Waals surface area contributed by atoms with E-state index < -0.39 is 11.5 Å². The van der Waals surface area contributed by atoms with Crippen LogP contribution in [-0.4, -0.2) is 43.7 Å². The van der Waals surface area contributed by atoms with Crippen LogP contribution in [0.4, 0.5) is 21.0 Å². The van der Waals surface area contributed by atoms with E-state index in [9.17, 15) is 19.2 Å². The summed E-state index contributed by atoms with van der Waals surface area (Å²) in [7, 11) is 1.57. The summed E-state index contributed by atoms with van der Waals surface area (Å²) in [4.78, 5) is 57.0. The number of nitrogens with one attached hydrogen (secondary N) is 5. The number of fused-ring (bicyclic) bond motifs is 2. The van der Waals surface area contributed by atoms with E-state index in [1.165, 1.54) is 17.0 Å². The van der Waals surface area contributed by atoms with Crippen molar-refractivity contribution in [1.82, 2.24) is 30.2 Å². The molecule has 0 aliphatic heterocycles. The van der Waals surface area contributed by atoms with Gasteiger partial charge in [0.2, 0.25) is 11.2 Å². The van der Waals surface area contributed by atoms with E-state index in [0.29, 0.717) is 45.7 Å². The summed E-state index contributed by atoms with van der Waals surface area (Å²) in [5, 5.41) is 10.9. The third-order valence-corrected chi connectivity index (χ3v) is 6.39. The molecular weight excluding hydrogens is 648 g/mol. The second-order valence-electron chi connectivity index (χ2n) is 11.2. The van der Waals surface area contributed by atoms with Gasteiger partial charge in [0.1, 0.15) is 11.5 Å². The van der Waals surface area contributed by atoms with E-state index in [0.717, 1.165) is 0 Å². The third-order valence-electron chi connectivity index (χ3n) is 6.39. The number of H-pyrrole nitrogens is 1. The first-order valence-electron chi connectivity index (χ1n) is 15.1. The Bertz CT molecular complexity index is 2220. The summed E-state index contributed by atoms with van der Waals surface area (Å²) in [5.74, 6) is 0.567. The highest BCUT2D eigenvalue weighted by Gasteiger charge is 2.14. The number of pyridine rings is 2. The normalized spacial score (nSPS) is 10.6. The van der Waals surface area contributed by atoms with E-state index in [2.05, 4.69) is 36.2 Å². The average molecular weight is 687 g/mol. The number of carbonyl (C=O) groups excluding carboxylic acids is 2. The predicted molar refractivity (Wildman–Crippen MR) is 188 cm³/mol. The van der Waals surface area contributed by atoms with Crippen LogP contribution in [-0.2, 0) is 7.05 Å². The molecule has 4 heterocycles. The number of amides is 4. The lowest BCUT2D eigenvalue weighted by atomic mass is 10.3. The van der Waals surface area contributed by atoms with E-state index in [4.69, 9.17) is 18.3 Å². The fourth-order valence-electron chi connectivity index (χ4n) is 4.38. The summed E-state index contributed by atoms with van der Waals surface area (Å²) in [6, 6.07) is 16.4. The minimum Gasteiger partial charge on any atom is -0.453 e. The third kappa shape index (κ3) is 9.27. The fourth-order valence-corrected chi connectivity index (χ4v) is 4.38. The van der Waals surface area contributed by atoms with Crippen LogP contribution in [0, 0.1) is 0 Å². The first kappa shape index (κ1) is 36.3. The van der Waals surface area contributed by atoms with Crippen molar-refractivity contribution in [3.8, 4) is 23.0 Å². The van der Waals surface area contributed by atoms with Gasteiger partial charge in [0.05, 0.1) is 0 Å². The number of aromatic amines is 1. The van der Waals surface area contributed by atoms with Gasteiger partial charge in [0.15, 0.2) is 22.8 Å². The lowest BCUT2D eigenvalue weighted by molar-refractivity contribution is 0.249. The van der Waals surface area contributed by atoms with E-state index in [-0.39, 0.29) is 42.7 Å². The summed E-state index contributed by atoms with van der Waals surface area (Å²) in [5.41, 5.74) is 2.36. The quantitative estimate of drug-likeness (QED) is 0.120. The Kier molecular flexibility index (Phi) is 11.6. The summed E-state index contributed by atoms with van der Waals surface area (Å²) < 4.78 is 23.1. The molecule has 0 aliphatic carbocycles. The Morgan fingerprint density at radius 2 is 1.28 bits per heavy atom. The zero-order valence-electron chi connectivity index (χ0n) is 27.2. The van der Waals surface area contributed by atoms with Crippen molar-refractivity contribution in [2.75, 3.05) is 10.6 Å². The van der Waals surface area contributed by atoms with Gasteiger partial charge in [-0.1, -0.05) is 19.6 Å². The molecule has 0 saturated heterocycles. The minimum absolute atomic E-state index is 0. The Balaban J connectivity index is 0.000000220. The molecule has 0 spiro atoms. The van der Waals surface area contributed by atoms with Gasteiger partial charge in [-0.2, -0.15) is 0 Å². The molecule has 0 saturated carbocycles. The molecule has 50 heavy (non-hydrogen) atoms. The maximum absolute atomic E-state index is 11.8. The number of hydrogen-bond donors (Lipinski definition) is 5. The smallest absolute Gasteiger partial charge is 0.421 e. The van der Waals surface area contributed by atoms with E-state index >= 15 is 0 Å². The van der Waals surface area contributed by atoms with Crippen LogP contribution in [0.15, 0.2) is 91.5 Å². The molecule has 16 heteroatoms. The fraction of sp³-hybridized carbons (Fsp3) is 0.235. The highest BCUT2D eigenvalue weighted by Crippen LogP contribution is 2.30. The van der Waals surface area contributed by atoms with Crippen LogP contribution in [0.1, 0.15) is 35.1 Å². The van der Waals surface area contributed by atoms with Gasteiger partial charge in [0, 0.05) is 67.2 Å². The van der Waals surface area contributed by atoms with Crippen LogP contribution < -0.4 is 42.3 Å². The van der Waals surface area contributed by atoms with Gasteiger partial charge in [0.25, 0.3) is 0 Å². The SMILES string of the molecule is C.CC(C)NC(=O)Nc1cccc(Oc2ccnc3[nH]c(=O)oc23)c1.CC(C)NC(=O)Nc1cccc(Oc2ccnc3c2oc(=O)n3C)c1. The Hall–Kier alpha value is -6.58.